The number of carbonyl (C=O) groups excluding carboxylic acids is 1. The Bertz CT molecular complexity index is 772. The van der Waals surface area contributed by atoms with Crippen LogP contribution in [-0.2, 0) is 21.2 Å². The molecule has 0 spiro atoms. The van der Waals surface area contributed by atoms with Gasteiger partial charge in [0.2, 0.25) is 5.91 Å². The van der Waals surface area contributed by atoms with Crippen molar-refractivity contribution in [3.8, 4) is 0 Å². The summed E-state index contributed by atoms with van der Waals surface area (Å²) in [5.74, 6) is 0.425. The SMILES string of the molecule is CCCCC1CCC(C(=O)N(Cc2ccccc2F)[C@@H]2CCS(=O)(=O)C2)CC1. The molecule has 2 fully saturated rings. The Morgan fingerprint density at radius 1 is 1.14 bits per heavy atom. The molecule has 3 rings (SSSR count). The van der Waals surface area contributed by atoms with Gasteiger partial charge >= 0.3 is 0 Å². The van der Waals surface area contributed by atoms with Crippen molar-refractivity contribution >= 4 is 15.7 Å². The number of amides is 1. The van der Waals surface area contributed by atoms with Crippen LogP contribution in [0.4, 0.5) is 4.39 Å². The predicted octanol–water partition coefficient (Wildman–Crippen LogP) is 4.34. The Kier molecular flexibility index (Phi) is 7.13. The Labute approximate surface area is 168 Å². The van der Waals surface area contributed by atoms with Gasteiger partial charge in [-0.05, 0) is 44.1 Å². The molecule has 0 unspecified atom stereocenters. The first-order chi connectivity index (χ1) is 13.4. The van der Waals surface area contributed by atoms with Crippen molar-refractivity contribution in [1.29, 1.82) is 0 Å². The van der Waals surface area contributed by atoms with Crippen molar-refractivity contribution in [1.82, 2.24) is 4.90 Å². The lowest BCUT2D eigenvalue weighted by atomic mass is 9.79. The summed E-state index contributed by atoms with van der Waals surface area (Å²) in [6.07, 6.45) is 7.97. The molecule has 1 amide bonds. The summed E-state index contributed by atoms with van der Waals surface area (Å²) in [4.78, 5) is 15.0. The van der Waals surface area contributed by atoms with Crippen molar-refractivity contribution in [3.05, 3.63) is 35.6 Å². The third kappa shape index (κ3) is 5.34. The number of hydrogen-bond acceptors (Lipinski definition) is 3. The smallest absolute Gasteiger partial charge is 0.226 e. The topological polar surface area (TPSA) is 54.5 Å². The third-order valence-electron chi connectivity index (χ3n) is 6.39. The van der Waals surface area contributed by atoms with Crippen LogP contribution in [0.2, 0.25) is 0 Å². The number of rotatable bonds is 7. The van der Waals surface area contributed by atoms with E-state index < -0.39 is 9.84 Å². The third-order valence-corrected chi connectivity index (χ3v) is 8.14. The van der Waals surface area contributed by atoms with E-state index in [0.717, 1.165) is 25.7 Å². The van der Waals surface area contributed by atoms with Crippen LogP contribution in [0.5, 0.6) is 0 Å². The van der Waals surface area contributed by atoms with Gasteiger partial charge in [-0.15, -0.1) is 0 Å². The zero-order valence-electron chi connectivity index (χ0n) is 16.8. The highest BCUT2D eigenvalue weighted by Crippen LogP contribution is 2.34. The van der Waals surface area contributed by atoms with Gasteiger partial charge in [-0.3, -0.25) is 4.79 Å². The molecule has 0 N–H and O–H groups in total. The second-order valence-corrected chi connectivity index (χ2v) is 10.7. The van der Waals surface area contributed by atoms with Crippen molar-refractivity contribution in [3.63, 3.8) is 0 Å². The van der Waals surface area contributed by atoms with Crippen LogP contribution < -0.4 is 0 Å². The molecule has 6 heteroatoms. The minimum atomic E-state index is -3.11. The van der Waals surface area contributed by atoms with Crippen molar-refractivity contribution in [2.24, 2.45) is 11.8 Å². The molecule has 1 atom stereocenters. The number of halogens is 1. The molecule has 0 radical (unpaired) electrons. The summed E-state index contributed by atoms with van der Waals surface area (Å²) in [6.45, 7) is 2.35. The van der Waals surface area contributed by atoms with Gasteiger partial charge in [0.25, 0.3) is 0 Å². The first-order valence-corrected chi connectivity index (χ1v) is 12.5. The van der Waals surface area contributed by atoms with E-state index in [-0.39, 0.29) is 41.7 Å². The lowest BCUT2D eigenvalue weighted by molar-refractivity contribution is -0.139. The summed E-state index contributed by atoms with van der Waals surface area (Å²) < 4.78 is 38.2. The molecule has 2 aliphatic rings. The molecule has 28 heavy (non-hydrogen) atoms. The summed E-state index contributed by atoms with van der Waals surface area (Å²) in [6, 6.07) is 6.12. The fraction of sp³-hybridized carbons (Fsp3) is 0.682. The van der Waals surface area contributed by atoms with E-state index in [1.807, 2.05) is 0 Å². The summed E-state index contributed by atoms with van der Waals surface area (Å²) >= 11 is 0. The van der Waals surface area contributed by atoms with Gasteiger partial charge in [-0.1, -0.05) is 44.4 Å². The minimum absolute atomic E-state index is 0.000955. The van der Waals surface area contributed by atoms with Crippen LogP contribution in [0.3, 0.4) is 0 Å². The van der Waals surface area contributed by atoms with E-state index in [4.69, 9.17) is 0 Å². The van der Waals surface area contributed by atoms with Crippen LogP contribution in [0.15, 0.2) is 24.3 Å². The van der Waals surface area contributed by atoms with Crippen molar-refractivity contribution in [2.45, 2.75) is 70.9 Å². The summed E-state index contributed by atoms with van der Waals surface area (Å²) in [7, 11) is -3.11. The summed E-state index contributed by atoms with van der Waals surface area (Å²) in [5, 5.41) is 0. The van der Waals surface area contributed by atoms with Crippen LogP contribution in [-0.4, -0.2) is 36.8 Å². The van der Waals surface area contributed by atoms with E-state index in [1.165, 1.54) is 25.3 Å². The molecule has 4 nitrogen and oxygen atoms in total. The first-order valence-electron chi connectivity index (χ1n) is 10.6. The van der Waals surface area contributed by atoms with Crippen LogP contribution >= 0.6 is 0 Å². The number of nitrogens with zero attached hydrogens (tertiary/aromatic N) is 1. The van der Waals surface area contributed by atoms with Gasteiger partial charge in [-0.25, -0.2) is 12.8 Å². The number of benzene rings is 1. The number of hydrogen-bond donors (Lipinski definition) is 0. The Morgan fingerprint density at radius 2 is 1.86 bits per heavy atom. The molecular weight excluding hydrogens is 377 g/mol. The lowest BCUT2D eigenvalue weighted by Gasteiger charge is -2.35. The Hall–Kier alpha value is -1.43. The van der Waals surface area contributed by atoms with Crippen molar-refractivity contribution in [2.75, 3.05) is 11.5 Å². The second kappa shape index (κ2) is 9.38. The molecule has 0 aromatic heterocycles. The largest absolute Gasteiger partial charge is 0.334 e. The van der Waals surface area contributed by atoms with E-state index in [2.05, 4.69) is 6.92 Å². The molecule has 1 heterocycles. The number of carbonyl (C=O) groups is 1. The van der Waals surface area contributed by atoms with Gasteiger partial charge in [0.1, 0.15) is 5.82 Å². The maximum Gasteiger partial charge on any atom is 0.226 e. The monoisotopic (exact) mass is 409 g/mol. The number of unbranched alkanes of at least 4 members (excludes halogenated alkanes) is 1. The molecule has 1 aliphatic carbocycles. The molecule has 1 aromatic carbocycles. The fourth-order valence-electron chi connectivity index (χ4n) is 4.64. The Morgan fingerprint density at radius 3 is 2.46 bits per heavy atom. The molecule has 156 valence electrons. The summed E-state index contributed by atoms with van der Waals surface area (Å²) in [5.41, 5.74) is 0.455. The van der Waals surface area contributed by atoms with Crippen LogP contribution in [0, 0.1) is 17.7 Å². The van der Waals surface area contributed by atoms with Gasteiger partial charge in [0.15, 0.2) is 9.84 Å². The highest BCUT2D eigenvalue weighted by Gasteiger charge is 2.38. The van der Waals surface area contributed by atoms with E-state index >= 15 is 0 Å². The van der Waals surface area contributed by atoms with E-state index in [1.54, 1.807) is 23.1 Å². The van der Waals surface area contributed by atoms with E-state index in [9.17, 15) is 17.6 Å². The normalized spacial score (nSPS) is 26.9. The average Bonchev–Trinajstić information content (AvgIpc) is 3.05. The van der Waals surface area contributed by atoms with Gasteiger partial charge in [0.05, 0.1) is 11.5 Å². The van der Waals surface area contributed by atoms with E-state index in [0.29, 0.717) is 17.9 Å². The molecule has 1 saturated heterocycles. The Balaban J connectivity index is 1.71. The lowest BCUT2D eigenvalue weighted by Crippen LogP contribution is -2.44. The zero-order valence-corrected chi connectivity index (χ0v) is 17.6. The first kappa shape index (κ1) is 21.3. The fourth-order valence-corrected chi connectivity index (χ4v) is 6.37. The average molecular weight is 410 g/mol. The highest BCUT2D eigenvalue weighted by molar-refractivity contribution is 7.91. The number of sulfone groups is 1. The van der Waals surface area contributed by atoms with Gasteiger partial charge in [-0.2, -0.15) is 0 Å². The van der Waals surface area contributed by atoms with Gasteiger partial charge < -0.3 is 4.90 Å². The quantitative estimate of drug-likeness (QED) is 0.673. The second-order valence-electron chi connectivity index (χ2n) is 8.47. The maximum atomic E-state index is 14.2. The standard InChI is InChI=1S/C22H32FNO3S/c1-2-3-6-17-9-11-18(12-10-17)22(25)24(20-13-14-28(26,27)16-20)15-19-7-4-5-8-21(19)23/h4-5,7-8,17-18,20H,2-3,6,9-16H2,1H3/t17?,18?,20-/m1/s1. The molecule has 1 aromatic rings. The maximum absolute atomic E-state index is 14.2. The van der Waals surface area contributed by atoms with Crippen molar-refractivity contribution < 1.29 is 17.6 Å². The molecule has 0 bridgehead atoms. The van der Waals surface area contributed by atoms with Gasteiger partial charge in [0, 0.05) is 24.1 Å². The highest BCUT2D eigenvalue weighted by atomic mass is 32.2. The van der Waals surface area contributed by atoms with Crippen LogP contribution in [0.1, 0.15) is 63.9 Å². The van der Waals surface area contributed by atoms with Crippen LogP contribution in [0.25, 0.3) is 0 Å². The molecule has 1 aliphatic heterocycles. The zero-order chi connectivity index (χ0) is 20.1. The minimum Gasteiger partial charge on any atom is -0.334 e. The molecular formula is C22H32FNO3S. The molecule has 1 saturated carbocycles. The predicted molar refractivity (Wildman–Crippen MR) is 109 cm³/mol.